The Morgan fingerprint density at radius 2 is 1.97 bits per heavy atom. The van der Waals surface area contributed by atoms with E-state index in [1.54, 1.807) is 31.3 Å². The lowest BCUT2D eigenvalue weighted by atomic mass is 9.87. The van der Waals surface area contributed by atoms with E-state index in [0.29, 0.717) is 22.8 Å². The van der Waals surface area contributed by atoms with Gasteiger partial charge in [0.15, 0.2) is 0 Å². The fraction of sp³-hybridized carbons (Fsp3) is 0.417. The summed E-state index contributed by atoms with van der Waals surface area (Å²) in [6.45, 7) is 2.06. The molecule has 1 aliphatic carbocycles. The van der Waals surface area contributed by atoms with Crippen LogP contribution in [0.2, 0.25) is 0 Å². The molecule has 2 heterocycles. The second kappa shape index (κ2) is 9.08. The van der Waals surface area contributed by atoms with Crippen molar-refractivity contribution in [2.75, 3.05) is 25.7 Å². The van der Waals surface area contributed by atoms with Gasteiger partial charge in [-0.3, -0.25) is 9.48 Å². The average Bonchev–Trinajstić information content (AvgIpc) is 3.25. The predicted octanol–water partition coefficient (Wildman–Crippen LogP) is 3.53. The van der Waals surface area contributed by atoms with Crippen LogP contribution < -0.4 is 4.90 Å². The van der Waals surface area contributed by atoms with E-state index in [9.17, 15) is 14.7 Å². The molecule has 1 aliphatic rings. The van der Waals surface area contributed by atoms with Crippen molar-refractivity contribution in [3.05, 3.63) is 53.5 Å². The first-order valence-electron chi connectivity index (χ1n) is 10.8. The molecule has 32 heavy (non-hydrogen) atoms. The molecule has 1 amide bonds. The molecule has 3 aromatic rings. The normalized spacial score (nSPS) is 18.5. The molecule has 0 bridgehead atoms. The van der Waals surface area contributed by atoms with Crippen LogP contribution in [-0.4, -0.2) is 52.5 Å². The maximum Gasteiger partial charge on any atom is 0.340 e. The zero-order chi connectivity index (χ0) is 22.8. The summed E-state index contributed by atoms with van der Waals surface area (Å²) in [6.07, 6.45) is 5.81. The highest BCUT2D eigenvalue weighted by Gasteiger charge is 2.25. The molecule has 1 aromatic carbocycles. The Labute approximate surface area is 186 Å². The number of aryl methyl sites for hydroxylation is 1. The number of nitrogens with zero attached hydrogens (tertiary/aromatic N) is 4. The van der Waals surface area contributed by atoms with Crippen LogP contribution in [0.3, 0.4) is 0 Å². The van der Waals surface area contributed by atoms with E-state index >= 15 is 0 Å². The van der Waals surface area contributed by atoms with Gasteiger partial charge in [-0.05, 0) is 62.8 Å². The summed E-state index contributed by atoms with van der Waals surface area (Å²) in [7, 11) is 2.94. The number of anilines is 1. The Balaban J connectivity index is 1.71. The number of aliphatic hydroxyl groups is 1. The maximum atomic E-state index is 13.1. The standard InChI is InChI=1S/C24H28N4O4/c1-15-5-4-6-20(25-15)23(30)27(2)22-11-17-13-28(18-9-7-16(14-29)8-10-18)26-21(17)12-19(22)24(31)32-3/h4-6,11-13,16,18,29H,7-10,14H2,1-3H3. The molecule has 0 aliphatic heterocycles. The second-order valence-electron chi connectivity index (χ2n) is 8.41. The summed E-state index contributed by atoms with van der Waals surface area (Å²) in [5, 5.41) is 14.9. The Morgan fingerprint density at radius 3 is 2.62 bits per heavy atom. The van der Waals surface area contributed by atoms with E-state index in [1.165, 1.54) is 12.0 Å². The number of amides is 1. The molecular weight excluding hydrogens is 408 g/mol. The molecule has 8 heteroatoms. The van der Waals surface area contributed by atoms with Gasteiger partial charge < -0.3 is 14.7 Å². The van der Waals surface area contributed by atoms with Gasteiger partial charge in [0, 0.05) is 30.9 Å². The number of methoxy groups -OCH3 is 1. The fourth-order valence-electron chi connectivity index (χ4n) is 4.35. The van der Waals surface area contributed by atoms with Crippen LogP contribution in [-0.2, 0) is 4.74 Å². The first-order valence-corrected chi connectivity index (χ1v) is 10.8. The zero-order valence-electron chi connectivity index (χ0n) is 18.6. The van der Waals surface area contributed by atoms with Crippen molar-refractivity contribution in [1.29, 1.82) is 0 Å². The minimum absolute atomic E-state index is 0.232. The molecule has 8 nitrogen and oxygen atoms in total. The summed E-state index contributed by atoms with van der Waals surface area (Å²) in [5.74, 6) is -0.478. The monoisotopic (exact) mass is 436 g/mol. The topological polar surface area (TPSA) is 97.5 Å². The molecule has 168 valence electrons. The van der Waals surface area contributed by atoms with E-state index in [1.807, 2.05) is 23.9 Å². The second-order valence-corrected chi connectivity index (χ2v) is 8.41. The Morgan fingerprint density at radius 1 is 1.22 bits per heavy atom. The van der Waals surface area contributed by atoms with Gasteiger partial charge in [-0.1, -0.05) is 6.07 Å². The molecule has 0 atom stereocenters. The van der Waals surface area contributed by atoms with Crippen LogP contribution in [0.25, 0.3) is 10.9 Å². The van der Waals surface area contributed by atoms with Crippen molar-refractivity contribution in [3.8, 4) is 0 Å². The molecule has 2 aromatic heterocycles. The van der Waals surface area contributed by atoms with Crippen LogP contribution in [0.1, 0.15) is 58.3 Å². The number of carbonyl (C=O) groups excluding carboxylic acids is 2. The number of carbonyl (C=O) groups is 2. The van der Waals surface area contributed by atoms with Crippen molar-refractivity contribution >= 4 is 28.5 Å². The van der Waals surface area contributed by atoms with Crippen molar-refractivity contribution < 1.29 is 19.4 Å². The molecule has 1 N–H and O–H groups in total. The fourth-order valence-corrected chi connectivity index (χ4v) is 4.35. The molecule has 4 rings (SSSR count). The third-order valence-electron chi connectivity index (χ3n) is 6.27. The number of aliphatic hydroxyl groups excluding tert-OH is 1. The smallest absolute Gasteiger partial charge is 0.340 e. The number of esters is 1. The number of ether oxygens (including phenoxy) is 1. The van der Waals surface area contributed by atoms with Gasteiger partial charge in [-0.25, -0.2) is 9.78 Å². The summed E-state index contributed by atoms with van der Waals surface area (Å²) >= 11 is 0. The summed E-state index contributed by atoms with van der Waals surface area (Å²) in [5.41, 5.74) is 2.44. The quantitative estimate of drug-likeness (QED) is 0.615. The van der Waals surface area contributed by atoms with Crippen LogP contribution in [0, 0.1) is 12.8 Å². The number of pyridine rings is 1. The Bertz CT molecular complexity index is 1150. The molecule has 1 fully saturated rings. The minimum Gasteiger partial charge on any atom is -0.465 e. The molecule has 0 unspecified atom stereocenters. The highest BCUT2D eigenvalue weighted by atomic mass is 16.5. The van der Waals surface area contributed by atoms with Gasteiger partial charge in [0.2, 0.25) is 0 Å². The highest BCUT2D eigenvalue weighted by Crippen LogP contribution is 2.34. The van der Waals surface area contributed by atoms with Crippen LogP contribution >= 0.6 is 0 Å². The van der Waals surface area contributed by atoms with Crippen LogP contribution in [0.15, 0.2) is 36.5 Å². The van der Waals surface area contributed by atoms with Gasteiger partial charge in [0.25, 0.3) is 5.91 Å². The van der Waals surface area contributed by atoms with Crippen molar-refractivity contribution in [2.45, 2.75) is 38.6 Å². The summed E-state index contributed by atoms with van der Waals surface area (Å²) < 4.78 is 6.93. The van der Waals surface area contributed by atoms with E-state index < -0.39 is 5.97 Å². The lowest BCUT2D eigenvalue weighted by molar-refractivity contribution is 0.0601. The van der Waals surface area contributed by atoms with E-state index in [2.05, 4.69) is 4.98 Å². The molecule has 1 saturated carbocycles. The van der Waals surface area contributed by atoms with Gasteiger partial charge in [-0.15, -0.1) is 0 Å². The maximum absolute atomic E-state index is 13.1. The lowest BCUT2D eigenvalue weighted by Gasteiger charge is -2.27. The van der Waals surface area contributed by atoms with Gasteiger partial charge in [-0.2, -0.15) is 5.10 Å². The van der Waals surface area contributed by atoms with Gasteiger partial charge >= 0.3 is 5.97 Å². The summed E-state index contributed by atoms with van der Waals surface area (Å²) in [4.78, 5) is 31.4. The van der Waals surface area contributed by atoms with Crippen molar-refractivity contribution in [3.63, 3.8) is 0 Å². The van der Waals surface area contributed by atoms with E-state index in [4.69, 9.17) is 9.84 Å². The lowest BCUT2D eigenvalue weighted by Crippen LogP contribution is -2.29. The Kier molecular flexibility index (Phi) is 6.23. The van der Waals surface area contributed by atoms with Crippen LogP contribution in [0.5, 0.6) is 0 Å². The number of rotatable bonds is 5. The van der Waals surface area contributed by atoms with E-state index in [0.717, 1.165) is 36.8 Å². The summed E-state index contributed by atoms with van der Waals surface area (Å²) in [6, 6.07) is 9.00. The van der Waals surface area contributed by atoms with Gasteiger partial charge in [0.1, 0.15) is 5.69 Å². The minimum atomic E-state index is -0.531. The third kappa shape index (κ3) is 4.23. The molecule has 0 radical (unpaired) electrons. The van der Waals surface area contributed by atoms with Crippen molar-refractivity contribution in [1.82, 2.24) is 14.8 Å². The largest absolute Gasteiger partial charge is 0.465 e. The number of hydrogen-bond donors (Lipinski definition) is 1. The molecular formula is C24H28N4O4. The zero-order valence-corrected chi connectivity index (χ0v) is 18.6. The first-order chi connectivity index (χ1) is 15.4. The third-order valence-corrected chi connectivity index (χ3v) is 6.27. The number of aromatic nitrogens is 3. The Hall–Kier alpha value is -3.26. The highest BCUT2D eigenvalue weighted by molar-refractivity contribution is 6.10. The number of hydrogen-bond acceptors (Lipinski definition) is 6. The van der Waals surface area contributed by atoms with E-state index in [-0.39, 0.29) is 24.1 Å². The number of fused-ring (bicyclic) bond motifs is 1. The van der Waals surface area contributed by atoms with Crippen molar-refractivity contribution in [2.24, 2.45) is 5.92 Å². The van der Waals surface area contributed by atoms with Gasteiger partial charge in [0.05, 0.1) is 29.9 Å². The first kappa shape index (κ1) is 22.0. The molecule has 0 spiro atoms. The molecule has 0 saturated heterocycles. The average molecular weight is 437 g/mol. The van der Waals surface area contributed by atoms with Crippen LogP contribution in [0.4, 0.5) is 5.69 Å². The predicted molar refractivity (Wildman–Crippen MR) is 121 cm³/mol. The number of benzene rings is 1. The SMILES string of the molecule is COC(=O)c1cc2nn(C3CCC(CO)CC3)cc2cc1N(C)C(=O)c1cccc(C)n1.